The first-order chi connectivity index (χ1) is 12.8. The Bertz CT molecular complexity index is 976. The van der Waals surface area contributed by atoms with Gasteiger partial charge in [0.15, 0.2) is 0 Å². The smallest absolute Gasteiger partial charge is 0.0551 e. The summed E-state index contributed by atoms with van der Waals surface area (Å²) in [7, 11) is 0. The second-order valence-electron chi connectivity index (χ2n) is 6.43. The van der Waals surface area contributed by atoms with Gasteiger partial charge in [0.2, 0.25) is 0 Å². The van der Waals surface area contributed by atoms with Crippen molar-refractivity contribution >= 4 is 0 Å². The fourth-order valence-electron chi connectivity index (χ4n) is 3.33. The predicted octanol–water partition coefficient (Wildman–Crippen LogP) is 6.07. The van der Waals surface area contributed by atoms with Crippen LogP contribution in [0.5, 0.6) is 0 Å². The second kappa shape index (κ2) is 7.38. The lowest BCUT2D eigenvalue weighted by Gasteiger charge is -2.17. The van der Waals surface area contributed by atoms with Gasteiger partial charge >= 0.3 is 0 Å². The molecular formula is C25H21N. The highest BCUT2D eigenvalue weighted by molar-refractivity contribution is 5.84. The van der Waals surface area contributed by atoms with Crippen molar-refractivity contribution in [2.45, 2.75) is 6.04 Å². The summed E-state index contributed by atoms with van der Waals surface area (Å²) >= 11 is 0. The lowest BCUT2D eigenvalue weighted by atomic mass is 9.90. The SMILES string of the molecule is NC(c1ccccc1)c1ccc(-c2ccccc2)c(-c2ccccc2)c1. The molecule has 0 amide bonds. The van der Waals surface area contributed by atoms with Crippen molar-refractivity contribution in [1.29, 1.82) is 0 Å². The van der Waals surface area contributed by atoms with E-state index >= 15 is 0 Å². The van der Waals surface area contributed by atoms with Crippen LogP contribution in [0.2, 0.25) is 0 Å². The molecule has 0 bridgehead atoms. The Kier molecular flexibility index (Phi) is 4.63. The molecule has 1 unspecified atom stereocenters. The molecule has 126 valence electrons. The Labute approximate surface area is 154 Å². The monoisotopic (exact) mass is 335 g/mol. The third-order valence-corrected chi connectivity index (χ3v) is 4.73. The van der Waals surface area contributed by atoms with Crippen LogP contribution < -0.4 is 5.73 Å². The average molecular weight is 335 g/mol. The molecule has 0 aromatic heterocycles. The number of hydrogen-bond donors (Lipinski definition) is 1. The van der Waals surface area contributed by atoms with Gasteiger partial charge in [0.05, 0.1) is 6.04 Å². The topological polar surface area (TPSA) is 26.0 Å². The first kappa shape index (κ1) is 16.3. The summed E-state index contributed by atoms with van der Waals surface area (Å²) in [5.74, 6) is 0. The van der Waals surface area contributed by atoms with Crippen molar-refractivity contribution in [3.8, 4) is 22.3 Å². The van der Waals surface area contributed by atoms with Gasteiger partial charge in [0, 0.05) is 0 Å². The van der Waals surface area contributed by atoms with Gasteiger partial charge in [-0.05, 0) is 39.4 Å². The molecule has 0 saturated heterocycles. The van der Waals surface area contributed by atoms with E-state index in [1.54, 1.807) is 0 Å². The minimum absolute atomic E-state index is 0.136. The third-order valence-electron chi connectivity index (χ3n) is 4.73. The maximum Gasteiger partial charge on any atom is 0.0551 e. The normalized spacial score (nSPS) is 11.9. The minimum atomic E-state index is -0.136. The molecule has 2 N–H and O–H groups in total. The van der Waals surface area contributed by atoms with E-state index in [0.717, 1.165) is 11.1 Å². The largest absolute Gasteiger partial charge is 0.320 e. The predicted molar refractivity (Wildman–Crippen MR) is 110 cm³/mol. The highest BCUT2D eigenvalue weighted by atomic mass is 14.6. The van der Waals surface area contributed by atoms with Crippen LogP contribution in [-0.4, -0.2) is 0 Å². The zero-order valence-corrected chi connectivity index (χ0v) is 14.5. The van der Waals surface area contributed by atoms with Crippen molar-refractivity contribution in [2.75, 3.05) is 0 Å². The van der Waals surface area contributed by atoms with Crippen molar-refractivity contribution in [2.24, 2.45) is 5.73 Å². The summed E-state index contributed by atoms with van der Waals surface area (Å²) in [6.45, 7) is 0. The molecule has 26 heavy (non-hydrogen) atoms. The van der Waals surface area contributed by atoms with E-state index in [-0.39, 0.29) is 6.04 Å². The highest BCUT2D eigenvalue weighted by Crippen LogP contribution is 2.34. The molecule has 4 aromatic carbocycles. The molecule has 0 aliphatic carbocycles. The van der Waals surface area contributed by atoms with Gasteiger partial charge in [-0.25, -0.2) is 0 Å². The number of hydrogen-bond acceptors (Lipinski definition) is 1. The lowest BCUT2D eigenvalue weighted by molar-refractivity contribution is 0.872. The third kappa shape index (κ3) is 3.30. The first-order valence-electron chi connectivity index (χ1n) is 8.88. The molecule has 0 aliphatic rings. The van der Waals surface area contributed by atoms with Crippen LogP contribution in [0.3, 0.4) is 0 Å². The standard InChI is InChI=1S/C25H21N/c26-25(21-14-8-3-9-15-21)22-16-17-23(19-10-4-1-5-11-19)24(18-22)20-12-6-2-7-13-20/h1-18,25H,26H2. The lowest BCUT2D eigenvalue weighted by Crippen LogP contribution is -2.11. The maximum absolute atomic E-state index is 6.55. The van der Waals surface area contributed by atoms with Gasteiger partial charge in [-0.15, -0.1) is 0 Å². The van der Waals surface area contributed by atoms with E-state index in [1.165, 1.54) is 22.3 Å². The van der Waals surface area contributed by atoms with Gasteiger partial charge in [-0.2, -0.15) is 0 Å². The minimum Gasteiger partial charge on any atom is -0.320 e. The van der Waals surface area contributed by atoms with Crippen LogP contribution in [0.4, 0.5) is 0 Å². The molecule has 1 nitrogen and oxygen atoms in total. The van der Waals surface area contributed by atoms with Crippen molar-refractivity contribution < 1.29 is 0 Å². The quantitative estimate of drug-likeness (QED) is 0.481. The van der Waals surface area contributed by atoms with E-state index in [0.29, 0.717) is 0 Å². The van der Waals surface area contributed by atoms with Crippen LogP contribution in [0.15, 0.2) is 109 Å². The second-order valence-corrected chi connectivity index (χ2v) is 6.43. The molecule has 4 rings (SSSR count). The fraction of sp³-hybridized carbons (Fsp3) is 0.0400. The Morgan fingerprint density at radius 2 is 0.962 bits per heavy atom. The van der Waals surface area contributed by atoms with Gasteiger partial charge < -0.3 is 5.73 Å². The molecule has 0 radical (unpaired) electrons. The molecule has 1 atom stereocenters. The number of rotatable bonds is 4. The highest BCUT2D eigenvalue weighted by Gasteiger charge is 2.13. The average Bonchev–Trinajstić information content (AvgIpc) is 2.75. The van der Waals surface area contributed by atoms with Gasteiger partial charge in [0.1, 0.15) is 0 Å². The maximum atomic E-state index is 6.55. The fourth-order valence-corrected chi connectivity index (χ4v) is 3.33. The zero-order chi connectivity index (χ0) is 17.8. The summed E-state index contributed by atoms with van der Waals surface area (Å²) in [5.41, 5.74) is 13.6. The van der Waals surface area contributed by atoms with Crippen molar-refractivity contribution in [1.82, 2.24) is 0 Å². The van der Waals surface area contributed by atoms with Crippen molar-refractivity contribution in [3.05, 3.63) is 120 Å². The molecule has 0 saturated carbocycles. The summed E-state index contributed by atoms with van der Waals surface area (Å²) < 4.78 is 0. The molecule has 0 aliphatic heterocycles. The van der Waals surface area contributed by atoms with Crippen LogP contribution in [0, 0.1) is 0 Å². The Balaban J connectivity index is 1.85. The summed E-state index contributed by atoms with van der Waals surface area (Å²) in [6.07, 6.45) is 0. The Morgan fingerprint density at radius 1 is 0.462 bits per heavy atom. The number of benzene rings is 4. The molecule has 1 heteroatoms. The van der Waals surface area contributed by atoms with Gasteiger partial charge in [-0.1, -0.05) is 103 Å². The molecule has 0 heterocycles. The molecular weight excluding hydrogens is 314 g/mol. The molecule has 4 aromatic rings. The van der Waals surface area contributed by atoms with E-state index < -0.39 is 0 Å². The molecule has 0 spiro atoms. The summed E-state index contributed by atoms with van der Waals surface area (Å²) in [6, 6.07) is 37.7. The van der Waals surface area contributed by atoms with Crippen LogP contribution in [-0.2, 0) is 0 Å². The first-order valence-corrected chi connectivity index (χ1v) is 8.88. The summed E-state index contributed by atoms with van der Waals surface area (Å²) in [5, 5.41) is 0. The Hall–Kier alpha value is -3.16. The van der Waals surface area contributed by atoms with Crippen molar-refractivity contribution in [3.63, 3.8) is 0 Å². The van der Waals surface area contributed by atoms with E-state index in [1.807, 2.05) is 30.3 Å². The summed E-state index contributed by atoms with van der Waals surface area (Å²) in [4.78, 5) is 0. The zero-order valence-electron chi connectivity index (χ0n) is 14.5. The van der Waals surface area contributed by atoms with Gasteiger partial charge in [0.25, 0.3) is 0 Å². The van der Waals surface area contributed by atoms with Gasteiger partial charge in [-0.3, -0.25) is 0 Å². The van der Waals surface area contributed by atoms with E-state index in [4.69, 9.17) is 5.73 Å². The van der Waals surface area contributed by atoms with Crippen LogP contribution in [0.25, 0.3) is 22.3 Å². The molecule has 0 fully saturated rings. The van der Waals surface area contributed by atoms with E-state index in [9.17, 15) is 0 Å². The van der Waals surface area contributed by atoms with E-state index in [2.05, 4.69) is 78.9 Å². The van der Waals surface area contributed by atoms with Crippen LogP contribution >= 0.6 is 0 Å². The Morgan fingerprint density at radius 3 is 1.54 bits per heavy atom. The van der Waals surface area contributed by atoms with Crippen LogP contribution in [0.1, 0.15) is 17.2 Å². The number of nitrogens with two attached hydrogens (primary N) is 1.